The predicted molar refractivity (Wildman–Crippen MR) is 75.0 cm³/mol. The van der Waals surface area contributed by atoms with Crippen molar-refractivity contribution in [2.75, 3.05) is 19.6 Å². The first kappa shape index (κ1) is 12.1. The molecule has 18 heavy (non-hydrogen) atoms. The van der Waals surface area contributed by atoms with Crippen LogP contribution in [-0.4, -0.2) is 40.0 Å². The Bertz CT molecular complexity index is 475. The van der Waals surface area contributed by atoms with Crippen LogP contribution >= 0.6 is 11.3 Å². The normalized spacial score (nSPS) is 21.1. The standard InChI is InChI=1S/C13H20N4S/c1-2-16-5-3-4-12(16)9-14-8-11-10-17-6-7-18-13(17)15-11/h6-7,10,12,14H,2-5,8-9H2,1H3. The average molecular weight is 264 g/mol. The number of thiazole rings is 1. The highest BCUT2D eigenvalue weighted by atomic mass is 32.1. The minimum Gasteiger partial charge on any atom is -0.310 e. The summed E-state index contributed by atoms with van der Waals surface area (Å²) in [5, 5.41) is 5.61. The van der Waals surface area contributed by atoms with Crippen molar-refractivity contribution < 1.29 is 0 Å². The summed E-state index contributed by atoms with van der Waals surface area (Å²) in [6.45, 7) is 6.65. The Morgan fingerprint density at radius 2 is 2.50 bits per heavy atom. The maximum Gasteiger partial charge on any atom is 0.193 e. The van der Waals surface area contributed by atoms with Crippen molar-refractivity contribution in [3.05, 3.63) is 23.5 Å². The molecule has 1 N–H and O–H groups in total. The SMILES string of the molecule is CCN1CCCC1CNCc1cn2ccsc2n1. The van der Waals surface area contributed by atoms with Crippen LogP contribution in [0.2, 0.25) is 0 Å². The minimum atomic E-state index is 0.721. The summed E-state index contributed by atoms with van der Waals surface area (Å²) in [4.78, 5) is 8.24. The van der Waals surface area contributed by atoms with Crippen LogP contribution in [0.25, 0.3) is 4.96 Å². The maximum absolute atomic E-state index is 4.58. The number of likely N-dealkylation sites (N-methyl/N-ethyl adjacent to an activating group) is 1. The fourth-order valence-corrected chi connectivity index (χ4v) is 3.49. The van der Waals surface area contributed by atoms with Gasteiger partial charge in [-0.15, -0.1) is 11.3 Å². The van der Waals surface area contributed by atoms with Gasteiger partial charge in [0.2, 0.25) is 0 Å². The number of likely N-dealkylation sites (tertiary alicyclic amines) is 1. The van der Waals surface area contributed by atoms with Gasteiger partial charge in [0.25, 0.3) is 0 Å². The molecule has 1 aliphatic rings. The van der Waals surface area contributed by atoms with Crippen LogP contribution in [0.3, 0.4) is 0 Å². The lowest BCUT2D eigenvalue weighted by atomic mass is 10.2. The molecule has 4 nitrogen and oxygen atoms in total. The quantitative estimate of drug-likeness (QED) is 0.896. The molecular formula is C13H20N4S. The van der Waals surface area contributed by atoms with Gasteiger partial charge < -0.3 is 5.32 Å². The van der Waals surface area contributed by atoms with E-state index in [4.69, 9.17) is 0 Å². The predicted octanol–water partition coefficient (Wildman–Crippen LogP) is 1.97. The first-order valence-corrected chi connectivity index (χ1v) is 7.60. The molecule has 1 aliphatic heterocycles. The van der Waals surface area contributed by atoms with Gasteiger partial charge in [0.05, 0.1) is 5.69 Å². The van der Waals surface area contributed by atoms with Gasteiger partial charge in [0.1, 0.15) is 0 Å². The monoisotopic (exact) mass is 264 g/mol. The van der Waals surface area contributed by atoms with E-state index in [2.05, 4.69) is 44.3 Å². The van der Waals surface area contributed by atoms with E-state index in [0.29, 0.717) is 0 Å². The lowest BCUT2D eigenvalue weighted by Crippen LogP contribution is -2.37. The molecule has 0 aliphatic carbocycles. The third-order valence-electron chi connectivity index (χ3n) is 3.73. The van der Waals surface area contributed by atoms with E-state index in [1.54, 1.807) is 11.3 Å². The number of hydrogen-bond donors (Lipinski definition) is 1. The van der Waals surface area contributed by atoms with Crippen LogP contribution in [0.5, 0.6) is 0 Å². The van der Waals surface area contributed by atoms with E-state index >= 15 is 0 Å². The number of hydrogen-bond acceptors (Lipinski definition) is 4. The second-order valence-corrected chi connectivity index (χ2v) is 5.75. The molecule has 98 valence electrons. The molecule has 5 heteroatoms. The van der Waals surface area contributed by atoms with Crippen molar-refractivity contribution in [3.8, 4) is 0 Å². The highest BCUT2D eigenvalue weighted by molar-refractivity contribution is 7.15. The summed E-state index contributed by atoms with van der Waals surface area (Å²) in [6, 6.07) is 0.721. The number of rotatable bonds is 5. The lowest BCUT2D eigenvalue weighted by molar-refractivity contribution is 0.259. The highest BCUT2D eigenvalue weighted by Gasteiger charge is 2.22. The highest BCUT2D eigenvalue weighted by Crippen LogP contribution is 2.16. The molecule has 0 spiro atoms. The Balaban J connectivity index is 1.51. The average Bonchev–Trinajstić information content (AvgIpc) is 3.02. The van der Waals surface area contributed by atoms with Gasteiger partial charge in [-0.25, -0.2) is 4.98 Å². The molecule has 0 radical (unpaired) electrons. The summed E-state index contributed by atoms with van der Waals surface area (Å²) >= 11 is 1.69. The number of imidazole rings is 1. The lowest BCUT2D eigenvalue weighted by Gasteiger charge is -2.22. The minimum absolute atomic E-state index is 0.721. The molecule has 1 unspecified atom stereocenters. The molecule has 1 atom stereocenters. The van der Waals surface area contributed by atoms with Gasteiger partial charge in [-0.05, 0) is 25.9 Å². The molecule has 0 aromatic carbocycles. The Kier molecular flexibility index (Phi) is 3.63. The summed E-state index contributed by atoms with van der Waals surface area (Å²) in [5.74, 6) is 0. The summed E-state index contributed by atoms with van der Waals surface area (Å²) in [7, 11) is 0. The third kappa shape index (κ3) is 2.43. The van der Waals surface area contributed by atoms with Crippen molar-refractivity contribution in [1.29, 1.82) is 0 Å². The Labute approximate surface area is 112 Å². The number of nitrogens with zero attached hydrogens (tertiary/aromatic N) is 3. The zero-order valence-electron chi connectivity index (χ0n) is 10.8. The van der Waals surface area contributed by atoms with Gasteiger partial charge in [0, 0.05) is 36.9 Å². The number of nitrogens with one attached hydrogen (secondary N) is 1. The van der Waals surface area contributed by atoms with Crippen molar-refractivity contribution >= 4 is 16.3 Å². The topological polar surface area (TPSA) is 32.6 Å². The fraction of sp³-hybridized carbons (Fsp3) is 0.615. The second-order valence-electron chi connectivity index (χ2n) is 4.88. The zero-order valence-corrected chi connectivity index (χ0v) is 11.6. The van der Waals surface area contributed by atoms with Crippen LogP contribution < -0.4 is 5.32 Å². The van der Waals surface area contributed by atoms with E-state index in [9.17, 15) is 0 Å². The van der Waals surface area contributed by atoms with Crippen molar-refractivity contribution in [2.45, 2.75) is 32.4 Å². The van der Waals surface area contributed by atoms with E-state index in [1.807, 2.05) is 0 Å². The summed E-state index contributed by atoms with van der Waals surface area (Å²) in [6.07, 6.45) is 6.86. The van der Waals surface area contributed by atoms with E-state index in [1.165, 1.54) is 25.9 Å². The van der Waals surface area contributed by atoms with Crippen molar-refractivity contribution in [3.63, 3.8) is 0 Å². The molecule has 0 saturated carbocycles. The van der Waals surface area contributed by atoms with Gasteiger partial charge in [0.15, 0.2) is 4.96 Å². The zero-order chi connectivity index (χ0) is 12.4. The van der Waals surface area contributed by atoms with Crippen molar-refractivity contribution in [1.82, 2.24) is 19.6 Å². The first-order chi connectivity index (χ1) is 8.86. The Morgan fingerprint density at radius 3 is 3.33 bits per heavy atom. The molecular weight excluding hydrogens is 244 g/mol. The second kappa shape index (κ2) is 5.38. The summed E-state index contributed by atoms with van der Waals surface area (Å²) < 4.78 is 2.09. The molecule has 1 fully saturated rings. The van der Waals surface area contributed by atoms with E-state index in [0.717, 1.165) is 29.8 Å². The maximum atomic E-state index is 4.58. The van der Waals surface area contributed by atoms with Gasteiger partial charge >= 0.3 is 0 Å². The molecule has 2 aromatic heterocycles. The van der Waals surface area contributed by atoms with E-state index in [-0.39, 0.29) is 0 Å². The van der Waals surface area contributed by atoms with Crippen LogP contribution in [0.15, 0.2) is 17.8 Å². The Hall–Kier alpha value is -0.910. The van der Waals surface area contributed by atoms with Gasteiger partial charge in [-0.2, -0.15) is 0 Å². The van der Waals surface area contributed by atoms with Gasteiger partial charge in [-0.3, -0.25) is 9.30 Å². The molecule has 0 bridgehead atoms. The van der Waals surface area contributed by atoms with E-state index < -0.39 is 0 Å². The number of aromatic nitrogens is 2. The molecule has 2 aromatic rings. The number of fused-ring (bicyclic) bond motifs is 1. The molecule has 3 heterocycles. The molecule has 3 rings (SSSR count). The summed E-state index contributed by atoms with van der Waals surface area (Å²) in [5.41, 5.74) is 1.14. The largest absolute Gasteiger partial charge is 0.310 e. The Morgan fingerprint density at radius 1 is 1.56 bits per heavy atom. The third-order valence-corrected chi connectivity index (χ3v) is 4.51. The van der Waals surface area contributed by atoms with Gasteiger partial charge in [-0.1, -0.05) is 6.92 Å². The molecule has 1 saturated heterocycles. The first-order valence-electron chi connectivity index (χ1n) is 6.72. The smallest absolute Gasteiger partial charge is 0.193 e. The van der Waals surface area contributed by atoms with Crippen LogP contribution in [0.4, 0.5) is 0 Å². The molecule has 0 amide bonds. The van der Waals surface area contributed by atoms with Crippen LogP contribution in [0.1, 0.15) is 25.5 Å². The van der Waals surface area contributed by atoms with Crippen LogP contribution in [-0.2, 0) is 6.54 Å². The van der Waals surface area contributed by atoms with Crippen molar-refractivity contribution in [2.24, 2.45) is 0 Å². The van der Waals surface area contributed by atoms with Crippen LogP contribution in [0, 0.1) is 0 Å². The fourth-order valence-electron chi connectivity index (χ4n) is 2.77.